The Morgan fingerprint density at radius 1 is 1.44 bits per heavy atom. The minimum absolute atomic E-state index is 0.335. The third kappa shape index (κ3) is 3.68. The van der Waals surface area contributed by atoms with Gasteiger partial charge in [-0.3, -0.25) is 0 Å². The van der Waals surface area contributed by atoms with Crippen molar-refractivity contribution >= 4 is 5.82 Å². The van der Waals surface area contributed by atoms with Gasteiger partial charge in [-0.25, -0.2) is 4.98 Å². The van der Waals surface area contributed by atoms with Crippen LogP contribution in [-0.4, -0.2) is 38.3 Å². The number of aromatic nitrogens is 1. The van der Waals surface area contributed by atoms with Crippen molar-refractivity contribution in [2.75, 3.05) is 32.2 Å². The molecule has 1 aromatic rings. The van der Waals surface area contributed by atoms with Gasteiger partial charge >= 0.3 is 0 Å². The Labute approximate surface area is 110 Å². The van der Waals surface area contributed by atoms with E-state index in [0.29, 0.717) is 12.6 Å². The summed E-state index contributed by atoms with van der Waals surface area (Å²) in [5.41, 5.74) is 2.33. The molecule has 0 amide bonds. The number of anilines is 1. The zero-order chi connectivity index (χ0) is 13.5. The lowest BCUT2D eigenvalue weighted by atomic mass is 10.2. The molecule has 4 heteroatoms. The Balaban J connectivity index is 2.90. The van der Waals surface area contributed by atoms with Crippen molar-refractivity contribution in [3.8, 4) is 0 Å². The van der Waals surface area contributed by atoms with Crippen LogP contribution in [0, 0.1) is 6.92 Å². The summed E-state index contributed by atoms with van der Waals surface area (Å²) in [4.78, 5) is 6.96. The van der Waals surface area contributed by atoms with Crippen molar-refractivity contribution in [2.24, 2.45) is 0 Å². The van der Waals surface area contributed by atoms with Crippen molar-refractivity contribution in [2.45, 2.75) is 33.4 Å². The molecule has 1 N–H and O–H groups in total. The van der Waals surface area contributed by atoms with Crippen molar-refractivity contribution in [3.05, 3.63) is 23.4 Å². The van der Waals surface area contributed by atoms with Gasteiger partial charge in [-0.1, -0.05) is 6.07 Å². The number of hydrogen-bond donors (Lipinski definition) is 1. The summed E-state index contributed by atoms with van der Waals surface area (Å²) in [7, 11) is 3.69. The van der Waals surface area contributed by atoms with E-state index >= 15 is 0 Å². The van der Waals surface area contributed by atoms with Crippen LogP contribution in [0.25, 0.3) is 0 Å². The molecule has 0 aliphatic heterocycles. The first-order valence-corrected chi connectivity index (χ1v) is 6.50. The van der Waals surface area contributed by atoms with Crippen molar-refractivity contribution in [1.82, 2.24) is 10.3 Å². The first-order chi connectivity index (χ1) is 8.63. The van der Waals surface area contributed by atoms with Crippen molar-refractivity contribution in [3.63, 3.8) is 0 Å². The van der Waals surface area contributed by atoms with Gasteiger partial charge in [-0.2, -0.15) is 0 Å². The van der Waals surface area contributed by atoms with Gasteiger partial charge < -0.3 is 15.0 Å². The Kier molecular flexibility index (Phi) is 6.09. The van der Waals surface area contributed by atoms with Crippen LogP contribution in [0.3, 0.4) is 0 Å². The molecule has 0 saturated heterocycles. The summed E-state index contributed by atoms with van der Waals surface area (Å²) < 4.78 is 5.22. The number of rotatable bonds is 7. The van der Waals surface area contributed by atoms with E-state index in [1.807, 2.05) is 7.05 Å². The van der Waals surface area contributed by atoms with Crippen LogP contribution in [0.2, 0.25) is 0 Å². The number of methoxy groups -OCH3 is 1. The van der Waals surface area contributed by atoms with Crippen molar-refractivity contribution in [1.29, 1.82) is 0 Å². The zero-order valence-electron chi connectivity index (χ0n) is 12.2. The van der Waals surface area contributed by atoms with Crippen LogP contribution in [0.5, 0.6) is 0 Å². The summed E-state index contributed by atoms with van der Waals surface area (Å²) in [5.74, 6) is 1.03. The first-order valence-electron chi connectivity index (χ1n) is 6.50. The molecule has 0 fully saturated rings. The normalized spacial score (nSPS) is 12.5. The predicted octanol–water partition coefficient (Wildman–Crippen LogP) is 1.97. The number of hydrogen-bond acceptors (Lipinski definition) is 4. The monoisotopic (exact) mass is 251 g/mol. The Hall–Kier alpha value is -1.13. The minimum Gasteiger partial charge on any atom is -0.383 e. The average Bonchev–Trinajstić information content (AvgIpc) is 2.34. The highest BCUT2D eigenvalue weighted by molar-refractivity contribution is 5.42. The van der Waals surface area contributed by atoms with Gasteiger partial charge in [0.1, 0.15) is 5.82 Å². The quantitative estimate of drug-likeness (QED) is 0.804. The molecule has 0 aromatic carbocycles. The van der Waals surface area contributed by atoms with Gasteiger partial charge in [0.25, 0.3) is 0 Å². The van der Waals surface area contributed by atoms with Crippen LogP contribution in [0.4, 0.5) is 5.82 Å². The number of ether oxygens (including phenoxy) is 1. The number of pyridine rings is 1. The Bertz CT molecular complexity index is 368. The second-order valence-electron chi connectivity index (χ2n) is 4.53. The van der Waals surface area contributed by atoms with E-state index in [1.54, 1.807) is 7.11 Å². The molecule has 0 spiro atoms. The van der Waals surface area contributed by atoms with Crippen LogP contribution < -0.4 is 10.2 Å². The Morgan fingerprint density at radius 3 is 2.67 bits per heavy atom. The molecule has 0 aliphatic rings. The molecule has 1 rings (SSSR count). The minimum atomic E-state index is 0.335. The highest BCUT2D eigenvalue weighted by Gasteiger charge is 2.14. The maximum Gasteiger partial charge on any atom is 0.129 e. The third-order valence-corrected chi connectivity index (χ3v) is 3.12. The molecule has 0 saturated carbocycles. The van der Waals surface area contributed by atoms with E-state index < -0.39 is 0 Å². The molecular formula is C14H25N3O. The molecular weight excluding hydrogens is 226 g/mol. The van der Waals surface area contributed by atoms with Gasteiger partial charge in [0.15, 0.2) is 0 Å². The van der Waals surface area contributed by atoms with Gasteiger partial charge in [-0.05, 0) is 39.4 Å². The standard InChI is InChI=1S/C14H25N3O/c1-6-17(11(2)10-18-5)14-8-7-13(9-15-4)12(3)16-14/h7-8,11,15H,6,9-10H2,1-5H3. The summed E-state index contributed by atoms with van der Waals surface area (Å²) in [6.45, 7) is 8.87. The van der Waals surface area contributed by atoms with E-state index in [0.717, 1.165) is 24.6 Å². The van der Waals surface area contributed by atoms with Gasteiger partial charge in [0.2, 0.25) is 0 Å². The highest BCUT2D eigenvalue weighted by atomic mass is 16.5. The van der Waals surface area contributed by atoms with Crippen LogP contribution in [0.1, 0.15) is 25.1 Å². The third-order valence-electron chi connectivity index (χ3n) is 3.12. The predicted molar refractivity (Wildman–Crippen MR) is 76.1 cm³/mol. The number of nitrogens with zero attached hydrogens (tertiary/aromatic N) is 2. The molecule has 0 radical (unpaired) electrons. The Morgan fingerprint density at radius 2 is 2.17 bits per heavy atom. The number of likely N-dealkylation sites (N-methyl/N-ethyl adjacent to an activating group) is 1. The van der Waals surface area contributed by atoms with Crippen LogP contribution in [0.15, 0.2) is 12.1 Å². The van der Waals surface area contributed by atoms with E-state index in [1.165, 1.54) is 5.56 Å². The molecule has 1 atom stereocenters. The second kappa shape index (κ2) is 7.34. The molecule has 102 valence electrons. The van der Waals surface area contributed by atoms with E-state index in [-0.39, 0.29) is 0 Å². The van der Waals surface area contributed by atoms with Gasteiger partial charge in [0.05, 0.1) is 12.6 Å². The first kappa shape index (κ1) is 14.9. The smallest absolute Gasteiger partial charge is 0.129 e. The summed E-state index contributed by atoms with van der Waals surface area (Å²) in [5, 5.41) is 3.16. The molecule has 1 aromatic heterocycles. The number of aryl methyl sites for hydroxylation is 1. The summed E-state index contributed by atoms with van der Waals surface area (Å²) in [6.07, 6.45) is 0. The largest absolute Gasteiger partial charge is 0.383 e. The fourth-order valence-corrected chi connectivity index (χ4v) is 2.14. The SMILES string of the molecule is CCN(c1ccc(CNC)c(C)n1)C(C)COC. The van der Waals surface area contributed by atoms with Crippen LogP contribution >= 0.6 is 0 Å². The fraction of sp³-hybridized carbons (Fsp3) is 0.643. The maximum absolute atomic E-state index is 5.22. The zero-order valence-corrected chi connectivity index (χ0v) is 12.2. The fourth-order valence-electron chi connectivity index (χ4n) is 2.14. The maximum atomic E-state index is 5.22. The lowest BCUT2D eigenvalue weighted by Gasteiger charge is -2.29. The molecule has 0 bridgehead atoms. The van der Waals surface area contributed by atoms with E-state index in [9.17, 15) is 0 Å². The molecule has 1 unspecified atom stereocenters. The second-order valence-corrected chi connectivity index (χ2v) is 4.53. The highest BCUT2D eigenvalue weighted by Crippen LogP contribution is 2.17. The number of nitrogens with one attached hydrogen (secondary N) is 1. The molecule has 0 aliphatic carbocycles. The molecule has 18 heavy (non-hydrogen) atoms. The van der Waals surface area contributed by atoms with E-state index in [2.05, 4.69) is 43.1 Å². The summed E-state index contributed by atoms with van der Waals surface area (Å²) >= 11 is 0. The average molecular weight is 251 g/mol. The molecule has 4 nitrogen and oxygen atoms in total. The van der Waals surface area contributed by atoms with Gasteiger partial charge in [-0.15, -0.1) is 0 Å². The topological polar surface area (TPSA) is 37.4 Å². The molecule has 1 heterocycles. The lowest BCUT2D eigenvalue weighted by molar-refractivity contribution is 0.181. The van der Waals surface area contributed by atoms with Crippen molar-refractivity contribution < 1.29 is 4.74 Å². The lowest BCUT2D eigenvalue weighted by Crippen LogP contribution is -2.36. The van der Waals surface area contributed by atoms with Gasteiger partial charge in [0, 0.05) is 25.9 Å². The van der Waals surface area contributed by atoms with Crippen LogP contribution in [-0.2, 0) is 11.3 Å². The van der Waals surface area contributed by atoms with E-state index in [4.69, 9.17) is 9.72 Å². The summed E-state index contributed by atoms with van der Waals surface area (Å²) in [6, 6.07) is 4.58.